The van der Waals surface area contributed by atoms with Gasteiger partial charge in [-0.3, -0.25) is 19.3 Å². The lowest BCUT2D eigenvalue weighted by Gasteiger charge is -2.34. The summed E-state index contributed by atoms with van der Waals surface area (Å²) in [5.41, 5.74) is 0.805. The smallest absolute Gasteiger partial charge is 0.306 e. The van der Waals surface area contributed by atoms with E-state index in [4.69, 9.17) is 22.1 Å². The average Bonchev–Trinajstić information content (AvgIpc) is 3.00. The largest absolute Gasteiger partial charge is 0.497 e. The van der Waals surface area contributed by atoms with Gasteiger partial charge in [-0.15, -0.1) is 0 Å². The second-order valence-corrected chi connectivity index (χ2v) is 8.62. The fourth-order valence-corrected chi connectivity index (χ4v) is 4.84. The average molecular weight is 435 g/mol. The molecule has 7 nitrogen and oxygen atoms in total. The Bertz CT molecular complexity index is 877. The fraction of sp³-hybridized carbons (Fsp3) is 0.400. The number of piperidine rings is 1. The molecule has 2 aliphatic heterocycles. The zero-order chi connectivity index (χ0) is 21.1. The van der Waals surface area contributed by atoms with Crippen molar-refractivity contribution in [1.82, 2.24) is 9.80 Å². The predicted octanol–water partition coefficient (Wildman–Crippen LogP) is 2.61. The first-order valence-electron chi connectivity index (χ1n) is 9.24. The highest BCUT2D eigenvalue weighted by atomic mass is 32.2. The highest BCUT2D eigenvalue weighted by Crippen LogP contribution is 2.35. The number of hydrogen-bond donors (Lipinski definition) is 1. The van der Waals surface area contributed by atoms with Gasteiger partial charge in [0.15, 0.2) is 0 Å². The van der Waals surface area contributed by atoms with E-state index in [1.165, 1.54) is 16.7 Å². The number of ether oxygens (including phenoxy) is 1. The summed E-state index contributed by atoms with van der Waals surface area (Å²) < 4.78 is 5.54. The normalized spacial score (nSPS) is 20.3. The number of nitrogens with zero attached hydrogens (tertiary/aromatic N) is 2. The molecule has 0 aliphatic carbocycles. The van der Waals surface area contributed by atoms with Crippen LogP contribution in [0, 0.1) is 5.92 Å². The maximum atomic E-state index is 12.9. The molecular formula is C20H22N2O5S2. The molecule has 2 saturated heterocycles. The minimum Gasteiger partial charge on any atom is -0.497 e. The van der Waals surface area contributed by atoms with Gasteiger partial charge in [-0.1, -0.05) is 36.1 Å². The highest BCUT2D eigenvalue weighted by molar-refractivity contribution is 8.26. The quantitative estimate of drug-likeness (QED) is 0.563. The van der Waals surface area contributed by atoms with Gasteiger partial charge in [-0.25, -0.2) is 0 Å². The molecule has 2 aliphatic rings. The molecule has 0 radical (unpaired) electrons. The summed E-state index contributed by atoms with van der Waals surface area (Å²) in [7, 11) is 1.57. The van der Waals surface area contributed by atoms with Gasteiger partial charge in [0.05, 0.1) is 17.9 Å². The Labute approximate surface area is 178 Å². The molecule has 0 spiro atoms. The SMILES string of the molecule is COc1cccc(C=C2SC(=S)N(C(C)C(=O)N3CCC(C(=O)O)CC3)C2=O)c1. The number of benzene rings is 1. The van der Waals surface area contributed by atoms with Gasteiger partial charge < -0.3 is 14.7 Å². The van der Waals surface area contributed by atoms with Crippen LogP contribution >= 0.6 is 24.0 Å². The van der Waals surface area contributed by atoms with Crippen LogP contribution in [-0.2, 0) is 14.4 Å². The van der Waals surface area contributed by atoms with Crippen LogP contribution in [0.15, 0.2) is 29.2 Å². The number of thioether (sulfide) groups is 1. The summed E-state index contributed by atoms with van der Waals surface area (Å²) in [6.45, 7) is 2.40. The van der Waals surface area contributed by atoms with Crippen LogP contribution in [0.3, 0.4) is 0 Å². The minimum absolute atomic E-state index is 0.215. The lowest BCUT2D eigenvalue weighted by molar-refractivity contribution is -0.147. The van der Waals surface area contributed by atoms with Gasteiger partial charge in [0, 0.05) is 13.1 Å². The minimum atomic E-state index is -0.829. The number of hydrogen-bond acceptors (Lipinski definition) is 6. The van der Waals surface area contributed by atoms with Crippen LogP contribution in [-0.4, -0.2) is 63.3 Å². The zero-order valence-electron chi connectivity index (χ0n) is 16.2. The van der Waals surface area contributed by atoms with Gasteiger partial charge in [-0.2, -0.15) is 0 Å². The number of carbonyl (C=O) groups is 3. The number of amides is 2. The maximum absolute atomic E-state index is 12.9. The van der Waals surface area contributed by atoms with Gasteiger partial charge in [0.2, 0.25) is 5.91 Å². The van der Waals surface area contributed by atoms with E-state index in [9.17, 15) is 14.4 Å². The molecule has 1 aromatic carbocycles. The first kappa shape index (κ1) is 21.3. The van der Waals surface area contributed by atoms with Crippen LogP contribution in [0.5, 0.6) is 5.75 Å². The number of carbonyl (C=O) groups excluding carboxylic acids is 2. The molecule has 1 aromatic rings. The second kappa shape index (κ2) is 8.96. The summed E-state index contributed by atoms with van der Waals surface area (Å²) in [6, 6.07) is 6.58. The van der Waals surface area contributed by atoms with E-state index < -0.39 is 17.9 Å². The van der Waals surface area contributed by atoms with Crippen molar-refractivity contribution in [3.8, 4) is 5.75 Å². The molecule has 0 bridgehead atoms. The Balaban J connectivity index is 1.71. The molecule has 0 aromatic heterocycles. The third-order valence-electron chi connectivity index (χ3n) is 5.12. The van der Waals surface area contributed by atoms with Gasteiger partial charge in [0.1, 0.15) is 16.1 Å². The van der Waals surface area contributed by atoms with E-state index in [-0.39, 0.29) is 11.8 Å². The topological polar surface area (TPSA) is 87.2 Å². The Morgan fingerprint density at radius 1 is 1.34 bits per heavy atom. The first-order chi connectivity index (χ1) is 13.8. The summed E-state index contributed by atoms with van der Waals surface area (Å²) >= 11 is 6.53. The lowest BCUT2D eigenvalue weighted by atomic mass is 9.96. The maximum Gasteiger partial charge on any atom is 0.306 e. The molecule has 0 saturated carbocycles. The van der Waals surface area contributed by atoms with Crippen molar-refractivity contribution in [3.05, 3.63) is 34.7 Å². The number of carboxylic acid groups (broad SMARTS) is 1. The number of likely N-dealkylation sites (tertiary alicyclic amines) is 1. The molecule has 1 N–H and O–H groups in total. The summed E-state index contributed by atoms with van der Waals surface area (Å²) in [6.07, 6.45) is 2.57. The van der Waals surface area contributed by atoms with Crippen molar-refractivity contribution in [3.63, 3.8) is 0 Å². The number of methoxy groups -OCH3 is 1. The van der Waals surface area contributed by atoms with Crippen molar-refractivity contribution in [2.24, 2.45) is 5.92 Å². The molecule has 1 atom stereocenters. The molecular weight excluding hydrogens is 412 g/mol. The molecule has 1 unspecified atom stereocenters. The van der Waals surface area contributed by atoms with Crippen molar-refractivity contribution < 1.29 is 24.2 Å². The van der Waals surface area contributed by atoms with E-state index in [1.54, 1.807) is 25.0 Å². The number of rotatable bonds is 5. The van der Waals surface area contributed by atoms with Crippen molar-refractivity contribution in [2.75, 3.05) is 20.2 Å². The molecule has 2 heterocycles. The zero-order valence-corrected chi connectivity index (χ0v) is 17.8. The molecule has 154 valence electrons. The van der Waals surface area contributed by atoms with Crippen LogP contribution in [0.25, 0.3) is 6.08 Å². The number of aliphatic carboxylic acids is 1. The number of carboxylic acids is 1. The van der Waals surface area contributed by atoms with Gasteiger partial charge in [-0.05, 0) is 43.5 Å². The van der Waals surface area contributed by atoms with Crippen molar-refractivity contribution >= 4 is 52.2 Å². The monoisotopic (exact) mass is 434 g/mol. The number of thiocarbonyl (C=S) groups is 1. The van der Waals surface area contributed by atoms with Crippen molar-refractivity contribution in [1.29, 1.82) is 0 Å². The van der Waals surface area contributed by atoms with E-state index in [0.29, 0.717) is 40.9 Å². The summed E-state index contributed by atoms with van der Waals surface area (Å²) in [5, 5.41) is 9.11. The molecule has 2 amide bonds. The Hall–Kier alpha value is -2.39. The Morgan fingerprint density at radius 2 is 2.03 bits per heavy atom. The van der Waals surface area contributed by atoms with E-state index >= 15 is 0 Å². The van der Waals surface area contributed by atoms with Crippen LogP contribution in [0.1, 0.15) is 25.3 Å². The third kappa shape index (κ3) is 4.62. The van der Waals surface area contributed by atoms with Crippen LogP contribution < -0.4 is 4.74 Å². The highest BCUT2D eigenvalue weighted by Gasteiger charge is 2.40. The first-order valence-corrected chi connectivity index (χ1v) is 10.5. The standard InChI is InChI=1S/C20H22N2O5S2/c1-12(17(23)21-8-6-14(7-9-21)19(25)26)22-18(24)16(29-20(22)28)11-13-4-3-5-15(10-13)27-2/h3-5,10-12,14H,6-9H2,1-2H3,(H,25,26). The fourth-order valence-electron chi connectivity index (χ4n) is 3.42. The van der Waals surface area contributed by atoms with Gasteiger partial charge in [0.25, 0.3) is 5.91 Å². The van der Waals surface area contributed by atoms with Crippen LogP contribution in [0.2, 0.25) is 0 Å². The molecule has 2 fully saturated rings. The second-order valence-electron chi connectivity index (χ2n) is 6.94. The predicted molar refractivity (Wildman–Crippen MR) is 114 cm³/mol. The van der Waals surface area contributed by atoms with E-state index in [2.05, 4.69) is 0 Å². The van der Waals surface area contributed by atoms with Crippen LogP contribution in [0.4, 0.5) is 0 Å². The Morgan fingerprint density at radius 3 is 2.66 bits per heavy atom. The molecule has 9 heteroatoms. The summed E-state index contributed by atoms with van der Waals surface area (Å²) in [5.74, 6) is -1.08. The van der Waals surface area contributed by atoms with E-state index in [0.717, 1.165) is 5.56 Å². The van der Waals surface area contributed by atoms with Crippen molar-refractivity contribution in [2.45, 2.75) is 25.8 Å². The molecule has 3 rings (SSSR count). The Kier molecular flexibility index (Phi) is 6.59. The lowest BCUT2D eigenvalue weighted by Crippen LogP contribution is -2.51. The van der Waals surface area contributed by atoms with E-state index in [1.807, 2.05) is 24.3 Å². The third-order valence-corrected chi connectivity index (χ3v) is 6.45. The van der Waals surface area contributed by atoms with Gasteiger partial charge >= 0.3 is 5.97 Å². The molecule has 29 heavy (non-hydrogen) atoms. The summed E-state index contributed by atoms with van der Waals surface area (Å²) in [4.78, 5) is 40.3.